The Balaban J connectivity index is 2.78. The first-order valence-electron chi connectivity index (χ1n) is 3.96. The molecule has 0 radical (unpaired) electrons. The molecule has 1 heterocycles. The first-order valence-corrected chi connectivity index (χ1v) is 3.96. The minimum absolute atomic E-state index is 0.170. The average Bonchev–Trinajstić information content (AvgIpc) is 2.01. The zero-order valence-electron chi connectivity index (χ0n) is 7.87. The highest BCUT2D eigenvalue weighted by Gasteiger charge is 2.01. The number of hydrogen-bond donors (Lipinski definition) is 2. The summed E-state index contributed by atoms with van der Waals surface area (Å²) >= 11 is 0. The molecular formula is C8H10N4O2. The predicted molar refractivity (Wildman–Crippen MR) is 50.6 cm³/mol. The number of hydrogen-bond acceptors (Lipinski definition) is 4. The first kappa shape index (κ1) is 10.1. The van der Waals surface area contributed by atoms with Gasteiger partial charge in [0.2, 0.25) is 17.8 Å². The second-order valence-corrected chi connectivity index (χ2v) is 2.63. The van der Waals surface area contributed by atoms with Crippen LogP contribution in [0.25, 0.3) is 0 Å². The number of carbonyl (C=O) groups excluding carboxylic acids is 2. The number of rotatable bonds is 2. The maximum Gasteiger partial charge on any atom is 0.231 e. The van der Waals surface area contributed by atoms with Gasteiger partial charge in [-0.3, -0.25) is 14.9 Å². The Hall–Kier alpha value is -1.98. The highest BCUT2D eigenvalue weighted by Crippen LogP contribution is 2.04. The van der Waals surface area contributed by atoms with Crippen LogP contribution in [0.5, 0.6) is 0 Å². The molecule has 0 saturated carbocycles. The third-order valence-corrected chi connectivity index (χ3v) is 1.25. The summed E-state index contributed by atoms with van der Waals surface area (Å²) in [5.41, 5.74) is 0. The highest BCUT2D eigenvalue weighted by molar-refractivity contribution is 5.89. The third kappa shape index (κ3) is 3.18. The lowest BCUT2D eigenvalue weighted by atomic mass is 10.5. The maximum absolute atomic E-state index is 10.7. The molecule has 2 N–H and O–H groups in total. The molecule has 1 aromatic heterocycles. The molecule has 0 aliphatic heterocycles. The summed E-state index contributed by atoms with van der Waals surface area (Å²) < 4.78 is 0. The van der Waals surface area contributed by atoms with Gasteiger partial charge >= 0.3 is 0 Å². The summed E-state index contributed by atoms with van der Waals surface area (Å²) in [6, 6.07) is 1.53. The van der Waals surface area contributed by atoms with Gasteiger partial charge in [0.15, 0.2) is 0 Å². The lowest BCUT2D eigenvalue weighted by Crippen LogP contribution is -2.12. The zero-order chi connectivity index (χ0) is 10.6. The topological polar surface area (TPSA) is 84.0 Å². The Labute approximate surface area is 80.8 Å². The van der Waals surface area contributed by atoms with Crippen LogP contribution in [0.4, 0.5) is 11.8 Å². The number of carbonyl (C=O) groups is 2. The van der Waals surface area contributed by atoms with Crippen LogP contribution in [-0.4, -0.2) is 21.8 Å². The Morgan fingerprint density at radius 3 is 2.43 bits per heavy atom. The standard InChI is InChI=1S/C8H10N4O2/c1-5(13)10-7-3-4-9-8(12-7)11-6(2)14/h3-4H,1-2H3,(H2,9,10,11,12,13,14). The molecule has 0 bridgehead atoms. The number of nitrogens with zero attached hydrogens (tertiary/aromatic N) is 2. The van der Waals surface area contributed by atoms with Gasteiger partial charge in [0.1, 0.15) is 5.82 Å². The maximum atomic E-state index is 10.7. The van der Waals surface area contributed by atoms with Crippen molar-refractivity contribution in [1.29, 1.82) is 0 Å². The van der Waals surface area contributed by atoms with Crippen molar-refractivity contribution in [2.24, 2.45) is 0 Å². The van der Waals surface area contributed by atoms with Crippen molar-refractivity contribution < 1.29 is 9.59 Å². The van der Waals surface area contributed by atoms with Gasteiger partial charge in [0.05, 0.1) is 0 Å². The van der Waals surface area contributed by atoms with Gasteiger partial charge in [-0.2, -0.15) is 4.98 Å². The van der Waals surface area contributed by atoms with Crippen LogP contribution in [0.3, 0.4) is 0 Å². The van der Waals surface area contributed by atoms with Crippen LogP contribution in [0, 0.1) is 0 Å². The van der Waals surface area contributed by atoms with Crippen molar-refractivity contribution in [3.05, 3.63) is 12.3 Å². The van der Waals surface area contributed by atoms with Gasteiger partial charge < -0.3 is 5.32 Å². The summed E-state index contributed by atoms with van der Waals surface area (Å²) in [4.78, 5) is 29.0. The zero-order valence-corrected chi connectivity index (χ0v) is 7.87. The molecule has 0 aliphatic rings. The van der Waals surface area contributed by atoms with E-state index in [-0.39, 0.29) is 17.8 Å². The highest BCUT2D eigenvalue weighted by atomic mass is 16.2. The molecule has 1 aromatic rings. The fourth-order valence-electron chi connectivity index (χ4n) is 0.826. The van der Waals surface area contributed by atoms with Crippen molar-refractivity contribution in [2.45, 2.75) is 13.8 Å². The molecule has 2 amide bonds. The van der Waals surface area contributed by atoms with E-state index in [1.54, 1.807) is 0 Å². The Morgan fingerprint density at radius 2 is 1.86 bits per heavy atom. The van der Waals surface area contributed by atoms with E-state index in [1.165, 1.54) is 26.1 Å². The fraction of sp³-hybridized carbons (Fsp3) is 0.250. The van der Waals surface area contributed by atoms with E-state index >= 15 is 0 Å². The number of nitrogens with one attached hydrogen (secondary N) is 2. The fourth-order valence-corrected chi connectivity index (χ4v) is 0.826. The Bertz CT molecular complexity index is 333. The van der Waals surface area contributed by atoms with Crippen LogP contribution >= 0.6 is 0 Å². The molecule has 0 unspecified atom stereocenters. The number of amides is 2. The minimum atomic E-state index is -0.259. The van der Waals surface area contributed by atoms with Crippen molar-refractivity contribution >= 4 is 23.6 Å². The lowest BCUT2D eigenvalue weighted by molar-refractivity contribution is -0.115. The van der Waals surface area contributed by atoms with E-state index < -0.39 is 0 Å². The minimum Gasteiger partial charge on any atom is -0.311 e. The van der Waals surface area contributed by atoms with Crippen LogP contribution in [0.1, 0.15) is 13.8 Å². The van der Waals surface area contributed by atoms with E-state index in [4.69, 9.17) is 0 Å². The van der Waals surface area contributed by atoms with E-state index in [9.17, 15) is 9.59 Å². The molecule has 1 rings (SSSR count). The van der Waals surface area contributed by atoms with Crippen molar-refractivity contribution in [3.8, 4) is 0 Å². The Morgan fingerprint density at radius 1 is 1.21 bits per heavy atom. The van der Waals surface area contributed by atoms with Crippen molar-refractivity contribution in [3.63, 3.8) is 0 Å². The predicted octanol–water partition coefficient (Wildman–Crippen LogP) is 0.393. The molecule has 0 saturated heterocycles. The molecule has 74 valence electrons. The molecule has 6 nitrogen and oxygen atoms in total. The molecule has 0 aromatic carbocycles. The lowest BCUT2D eigenvalue weighted by Gasteiger charge is -2.03. The SMILES string of the molecule is CC(=O)Nc1ccnc(NC(C)=O)n1. The summed E-state index contributed by atoms with van der Waals surface area (Å²) in [5, 5.41) is 4.88. The molecule has 14 heavy (non-hydrogen) atoms. The van der Waals surface area contributed by atoms with E-state index in [0.717, 1.165) is 0 Å². The smallest absolute Gasteiger partial charge is 0.231 e. The van der Waals surface area contributed by atoms with Gasteiger partial charge in [-0.05, 0) is 6.07 Å². The van der Waals surface area contributed by atoms with E-state index in [2.05, 4.69) is 20.6 Å². The van der Waals surface area contributed by atoms with Crippen LogP contribution in [0.2, 0.25) is 0 Å². The van der Waals surface area contributed by atoms with Gasteiger partial charge in [-0.15, -0.1) is 0 Å². The molecule has 6 heteroatoms. The first-order chi connectivity index (χ1) is 6.58. The molecule has 0 fully saturated rings. The van der Waals surface area contributed by atoms with Crippen LogP contribution in [0.15, 0.2) is 12.3 Å². The molecule has 0 spiro atoms. The number of aromatic nitrogens is 2. The second kappa shape index (κ2) is 4.31. The second-order valence-electron chi connectivity index (χ2n) is 2.63. The molecule has 0 atom stereocenters. The normalized spacial score (nSPS) is 9.29. The largest absolute Gasteiger partial charge is 0.311 e. The molecule has 0 aliphatic carbocycles. The summed E-state index contributed by atoms with van der Waals surface area (Å²) in [6.07, 6.45) is 1.45. The quantitative estimate of drug-likeness (QED) is 0.713. The van der Waals surface area contributed by atoms with Crippen molar-refractivity contribution in [2.75, 3.05) is 10.6 Å². The average molecular weight is 194 g/mol. The van der Waals surface area contributed by atoms with E-state index in [1.807, 2.05) is 0 Å². The summed E-state index contributed by atoms with van der Waals surface area (Å²) in [6.45, 7) is 2.73. The monoisotopic (exact) mass is 194 g/mol. The van der Waals surface area contributed by atoms with Crippen LogP contribution < -0.4 is 10.6 Å². The number of anilines is 2. The van der Waals surface area contributed by atoms with Gasteiger partial charge in [0, 0.05) is 20.0 Å². The summed E-state index contributed by atoms with van der Waals surface area (Å²) in [5.74, 6) is 0.0439. The van der Waals surface area contributed by atoms with E-state index in [0.29, 0.717) is 5.82 Å². The van der Waals surface area contributed by atoms with Gasteiger partial charge in [-0.1, -0.05) is 0 Å². The van der Waals surface area contributed by atoms with Crippen molar-refractivity contribution in [1.82, 2.24) is 9.97 Å². The third-order valence-electron chi connectivity index (χ3n) is 1.25. The van der Waals surface area contributed by atoms with Crippen LogP contribution in [-0.2, 0) is 9.59 Å². The van der Waals surface area contributed by atoms with Gasteiger partial charge in [0.25, 0.3) is 0 Å². The Kier molecular flexibility index (Phi) is 3.11. The molecular weight excluding hydrogens is 184 g/mol. The van der Waals surface area contributed by atoms with Gasteiger partial charge in [-0.25, -0.2) is 4.98 Å². The summed E-state index contributed by atoms with van der Waals surface area (Å²) in [7, 11) is 0.